The summed E-state index contributed by atoms with van der Waals surface area (Å²) in [6, 6.07) is 0. The van der Waals surface area contributed by atoms with Crippen molar-refractivity contribution in [2.45, 2.75) is 30.8 Å². The molecule has 1 fully saturated rings. The maximum atomic E-state index is 13.1. The number of halogens is 1. The van der Waals surface area contributed by atoms with Gasteiger partial charge in [-0.3, -0.25) is 0 Å². The smallest absolute Gasteiger partial charge is 0.191 e. The van der Waals surface area contributed by atoms with Crippen LogP contribution in [0.2, 0.25) is 0 Å². The van der Waals surface area contributed by atoms with Crippen LogP contribution >= 0.6 is 0 Å². The molecule has 0 aromatic carbocycles. The zero-order valence-corrected chi connectivity index (χ0v) is 7.13. The van der Waals surface area contributed by atoms with Crippen molar-refractivity contribution in [1.29, 1.82) is 0 Å². The summed E-state index contributed by atoms with van der Waals surface area (Å²) in [7, 11) is 1.22. The Hall–Kier alpha value is -0.270. The Bertz CT molecular complexity index is 147. The molecule has 0 amide bonds. The van der Waals surface area contributed by atoms with Gasteiger partial charge in [0.15, 0.2) is 12.5 Å². The maximum Gasteiger partial charge on any atom is 0.191 e. The highest BCUT2D eigenvalue weighted by Gasteiger charge is 2.44. The highest BCUT2D eigenvalue weighted by molar-refractivity contribution is 4.88. The fraction of sp³-hybridized carbons (Fsp3) is 1.00. The molecule has 5 nitrogen and oxygen atoms in total. The second kappa shape index (κ2) is 4.30. The molecule has 1 saturated heterocycles. The van der Waals surface area contributed by atoms with Crippen LogP contribution in [0, 0.1) is 0 Å². The van der Waals surface area contributed by atoms with Crippen LogP contribution in [0.3, 0.4) is 0 Å². The third kappa shape index (κ3) is 1.97. The molecule has 1 rings (SSSR count). The van der Waals surface area contributed by atoms with Gasteiger partial charge in [-0.05, 0) is 0 Å². The first-order chi connectivity index (χ1) is 6.11. The third-order valence-electron chi connectivity index (χ3n) is 2.04. The Kier molecular flexibility index (Phi) is 3.57. The molecule has 0 radical (unpaired) electrons. The summed E-state index contributed by atoms with van der Waals surface area (Å²) < 4.78 is 22.5. The molecule has 0 aromatic heterocycles. The summed E-state index contributed by atoms with van der Waals surface area (Å²) in [5.41, 5.74) is 0. The average Bonchev–Trinajstić information content (AvgIpc) is 2.15. The molecule has 0 saturated carbocycles. The number of methoxy groups -OCH3 is 1. The van der Waals surface area contributed by atoms with E-state index in [1.54, 1.807) is 0 Å². The molecule has 3 N–H and O–H groups in total. The van der Waals surface area contributed by atoms with Crippen LogP contribution in [0.4, 0.5) is 4.39 Å². The summed E-state index contributed by atoms with van der Waals surface area (Å²) >= 11 is 0. The predicted octanol–water partition coefficient (Wildman–Crippen LogP) is -1.59. The summed E-state index contributed by atoms with van der Waals surface area (Å²) in [4.78, 5) is 0. The van der Waals surface area contributed by atoms with Gasteiger partial charge in [0.25, 0.3) is 0 Å². The Labute approximate surface area is 74.7 Å². The largest absolute Gasteiger partial charge is 0.394 e. The predicted molar refractivity (Wildman–Crippen MR) is 39.7 cm³/mol. The SMILES string of the molecule is COC1OC(CO)C(O)C(O)C1F. The molecule has 0 bridgehead atoms. The lowest BCUT2D eigenvalue weighted by Gasteiger charge is -2.37. The number of aliphatic hydroxyl groups excluding tert-OH is 3. The van der Waals surface area contributed by atoms with Gasteiger partial charge >= 0.3 is 0 Å². The average molecular weight is 196 g/mol. The van der Waals surface area contributed by atoms with Gasteiger partial charge in [0.2, 0.25) is 0 Å². The number of hydrogen-bond acceptors (Lipinski definition) is 5. The van der Waals surface area contributed by atoms with E-state index in [4.69, 9.17) is 14.9 Å². The highest BCUT2D eigenvalue weighted by atomic mass is 19.1. The van der Waals surface area contributed by atoms with Crippen LogP contribution in [0.5, 0.6) is 0 Å². The van der Waals surface area contributed by atoms with Gasteiger partial charge in [-0.15, -0.1) is 0 Å². The number of hydrogen-bond donors (Lipinski definition) is 3. The van der Waals surface area contributed by atoms with Crippen LogP contribution in [0.1, 0.15) is 0 Å². The Morgan fingerprint density at radius 2 is 2.00 bits per heavy atom. The van der Waals surface area contributed by atoms with Gasteiger partial charge in [0.1, 0.15) is 18.3 Å². The van der Waals surface area contributed by atoms with Gasteiger partial charge < -0.3 is 24.8 Å². The minimum absolute atomic E-state index is 0.495. The molecule has 0 aromatic rings. The molecular weight excluding hydrogens is 183 g/mol. The van der Waals surface area contributed by atoms with Crippen molar-refractivity contribution in [3.05, 3.63) is 0 Å². The molecule has 1 aliphatic rings. The fourth-order valence-electron chi connectivity index (χ4n) is 1.23. The second-order valence-electron chi connectivity index (χ2n) is 2.89. The van der Waals surface area contributed by atoms with Crippen molar-refractivity contribution >= 4 is 0 Å². The van der Waals surface area contributed by atoms with E-state index >= 15 is 0 Å². The minimum atomic E-state index is -1.80. The van der Waals surface area contributed by atoms with Crippen LogP contribution in [0.25, 0.3) is 0 Å². The maximum absolute atomic E-state index is 13.1. The van der Waals surface area contributed by atoms with Gasteiger partial charge in [-0.25, -0.2) is 4.39 Å². The Balaban J connectivity index is 2.66. The van der Waals surface area contributed by atoms with Gasteiger partial charge in [-0.2, -0.15) is 0 Å². The van der Waals surface area contributed by atoms with Gasteiger partial charge in [0.05, 0.1) is 6.61 Å². The first kappa shape index (κ1) is 10.8. The molecule has 5 unspecified atom stereocenters. The summed E-state index contributed by atoms with van der Waals surface area (Å²) in [6.45, 7) is -0.495. The topological polar surface area (TPSA) is 79.2 Å². The first-order valence-electron chi connectivity index (χ1n) is 3.91. The summed E-state index contributed by atoms with van der Waals surface area (Å²) in [6.07, 6.45) is -7.06. The lowest BCUT2D eigenvalue weighted by atomic mass is 10.0. The third-order valence-corrected chi connectivity index (χ3v) is 2.04. The zero-order chi connectivity index (χ0) is 10.0. The molecule has 13 heavy (non-hydrogen) atoms. The standard InChI is InChI=1S/C7H13FO5/c1-12-7-4(8)6(11)5(10)3(2-9)13-7/h3-7,9-11H,2H2,1H3. The zero-order valence-electron chi connectivity index (χ0n) is 7.13. The number of aliphatic hydroxyl groups is 3. The van der Waals surface area contributed by atoms with Crippen molar-refractivity contribution in [1.82, 2.24) is 0 Å². The van der Waals surface area contributed by atoms with Gasteiger partial charge in [-0.1, -0.05) is 0 Å². The second-order valence-corrected chi connectivity index (χ2v) is 2.89. The minimum Gasteiger partial charge on any atom is -0.394 e. The normalized spacial score (nSPS) is 46.4. The molecule has 1 aliphatic heterocycles. The first-order valence-corrected chi connectivity index (χ1v) is 3.91. The van der Waals surface area contributed by atoms with E-state index in [0.717, 1.165) is 0 Å². The van der Waals surface area contributed by atoms with E-state index in [9.17, 15) is 9.50 Å². The van der Waals surface area contributed by atoms with Crippen molar-refractivity contribution in [3.8, 4) is 0 Å². The molecule has 1 heterocycles. The lowest BCUT2D eigenvalue weighted by molar-refractivity contribution is -0.279. The monoisotopic (exact) mass is 196 g/mol. The van der Waals surface area contributed by atoms with E-state index in [1.807, 2.05) is 0 Å². The number of ether oxygens (including phenoxy) is 2. The van der Waals surface area contributed by atoms with Crippen molar-refractivity contribution in [2.75, 3.05) is 13.7 Å². The van der Waals surface area contributed by atoms with Crippen LogP contribution in [0.15, 0.2) is 0 Å². The Morgan fingerprint density at radius 3 is 2.46 bits per heavy atom. The van der Waals surface area contributed by atoms with Gasteiger partial charge in [0, 0.05) is 7.11 Å². The molecule has 6 heteroatoms. The van der Waals surface area contributed by atoms with Crippen molar-refractivity contribution < 1.29 is 29.2 Å². The van der Waals surface area contributed by atoms with Crippen LogP contribution in [-0.2, 0) is 9.47 Å². The molecular formula is C7H13FO5. The molecule has 0 spiro atoms. The molecule has 5 atom stereocenters. The van der Waals surface area contributed by atoms with E-state index in [2.05, 4.69) is 4.74 Å². The van der Waals surface area contributed by atoms with Crippen molar-refractivity contribution in [3.63, 3.8) is 0 Å². The number of alkyl halides is 1. The summed E-state index contributed by atoms with van der Waals surface area (Å²) in [5, 5.41) is 27.0. The number of rotatable bonds is 2. The van der Waals surface area contributed by atoms with E-state index in [-0.39, 0.29) is 0 Å². The fourth-order valence-corrected chi connectivity index (χ4v) is 1.23. The van der Waals surface area contributed by atoms with Crippen LogP contribution in [-0.4, -0.2) is 59.8 Å². The highest BCUT2D eigenvalue weighted by Crippen LogP contribution is 2.23. The summed E-state index contributed by atoms with van der Waals surface area (Å²) in [5.74, 6) is 0. The van der Waals surface area contributed by atoms with Crippen molar-refractivity contribution in [2.24, 2.45) is 0 Å². The van der Waals surface area contributed by atoms with E-state index < -0.39 is 37.4 Å². The molecule has 78 valence electrons. The Morgan fingerprint density at radius 1 is 1.38 bits per heavy atom. The van der Waals surface area contributed by atoms with E-state index in [1.165, 1.54) is 7.11 Å². The lowest BCUT2D eigenvalue weighted by Crippen LogP contribution is -2.57. The van der Waals surface area contributed by atoms with Crippen LogP contribution < -0.4 is 0 Å². The quantitative estimate of drug-likeness (QED) is 0.496. The van der Waals surface area contributed by atoms with E-state index in [0.29, 0.717) is 0 Å². The molecule has 0 aliphatic carbocycles.